The second-order valence-electron chi connectivity index (χ2n) is 5.71. The lowest BCUT2D eigenvalue weighted by molar-refractivity contribution is -0.135. The molecule has 1 unspecified atom stereocenters. The Labute approximate surface area is 116 Å². The van der Waals surface area contributed by atoms with Crippen molar-refractivity contribution in [1.82, 2.24) is 4.90 Å². The van der Waals surface area contributed by atoms with Gasteiger partial charge in [-0.1, -0.05) is 27.2 Å². The quantitative estimate of drug-likeness (QED) is 0.784. The van der Waals surface area contributed by atoms with Crippen LogP contribution in [0.15, 0.2) is 0 Å². The van der Waals surface area contributed by atoms with E-state index in [1.165, 1.54) is 0 Å². The Morgan fingerprint density at radius 2 is 2.05 bits per heavy atom. The fourth-order valence-corrected chi connectivity index (χ4v) is 4.03. The molecule has 1 rings (SSSR count). The molecule has 2 atom stereocenters. The number of carbonyl (C=O) groups excluding carboxylic acids is 1. The summed E-state index contributed by atoms with van der Waals surface area (Å²) >= 11 is 0. The highest BCUT2D eigenvalue weighted by Crippen LogP contribution is 2.20. The Bertz CT molecular complexity index is 406. The van der Waals surface area contributed by atoms with Crippen LogP contribution in [0.25, 0.3) is 0 Å². The molecule has 1 aliphatic heterocycles. The van der Waals surface area contributed by atoms with Crippen LogP contribution in [0.2, 0.25) is 0 Å². The van der Waals surface area contributed by atoms with Gasteiger partial charge in [-0.25, -0.2) is 8.42 Å². The van der Waals surface area contributed by atoms with Crippen LogP contribution in [-0.4, -0.2) is 49.4 Å². The van der Waals surface area contributed by atoms with Crippen LogP contribution in [0.1, 0.15) is 40.0 Å². The van der Waals surface area contributed by atoms with E-state index in [0.29, 0.717) is 13.0 Å². The molecule has 1 aliphatic rings. The predicted molar refractivity (Wildman–Crippen MR) is 76.5 cm³/mol. The first-order chi connectivity index (χ1) is 8.78. The summed E-state index contributed by atoms with van der Waals surface area (Å²) in [6.07, 6.45) is 2.40. The van der Waals surface area contributed by atoms with E-state index in [9.17, 15) is 13.2 Å². The number of rotatable bonds is 6. The van der Waals surface area contributed by atoms with Gasteiger partial charge in [0.2, 0.25) is 5.91 Å². The highest BCUT2D eigenvalue weighted by atomic mass is 32.2. The molecule has 1 saturated heterocycles. The first-order valence-corrected chi connectivity index (χ1v) is 8.87. The van der Waals surface area contributed by atoms with Crippen molar-refractivity contribution in [2.75, 3.05) is 18.1 Å². The highest BCUT2D eigenvalue weighted by Gasteiger charge is 2.36. The average Bonchev–Trinajstić information content (AvgIpc) is 2.68. The lowest BCUT2D eigenvalue weighted by Crippen LogP contribution is -2.51. The number of amides is 1. The summed E-state index contributed by atoms with van der Waals surface area (Å²) < 4.78 is 23.2. The number of nitrogens with zero attached hydrogens (tertiary/aromatic N) is 1. The fraction of sp³-hybridized carbons (Fsp3) is 0.923. The molecule has 0 aliphatic carbocycles. The third kappa shape index (κ3) is 4.45. The highest BCUT2D eigenvalue weighted by molar-refractivity contribution is 7.91. The standard InChI is InChI=1S/C13H26N2O3S/c1-4-5-7-15(13(16)12(14)10(2)3)11-6-8-19(17,18)9-11/h10-12H,4-9,14H2,1-3H3/t11?,12-/m1/s1. The fourth-order valence-electron chi connectivity index (χ4n) is 2.30. The number of hydrogen-bond donors (Lipinski definition) is 1. The maximum absolute atomic E-state index is 12.4. The predicted octanol–water partition coefficient (Wildman–Crippen LogP) is 0.786. The first kappa shape index (κ1) is 16.4. The minimum atomic E-state index is -2.98. The molecule has 19 heavy (non-hydrogen) atoms. The van der Waals surface area contributed by atoms with E-state index in [1.54, 1.807) is 4.90 Å². The molecule has 0 aromatic heterocycles. The van der Waals surface area contributed by atoms with Gasteiger partial charge in [-0.15, -0.1) is 0 Å². The van der Waals surface area contributed by atoms with Crippen molar-refractivity contribution in [3.05, 3.63) is 0 Å². The van der Waals surface area contributed by atoms with Gasteiger partial charge in [0.05, 0.1) is 17.5 Å². The van der Waals surface area contributed by atoms with E-state index in [4.69, 9.17) is 5.73 Å². The SMILES string of the molecule is CCCCN(C(=O)[C@H](N)C(C)C)C1CCS(=O)(=O)C1. The monoisotopic (exact) mass is 290 g/mol. The molecule has 0 radical (unpaired) electrons. The summed E-state index contributed by atoms with van der Waals surface area (Å²) in [6.45, 7) is 6.48. The summed E-state index contributed by atoms with van der Waals surface area (Å²) in [7, 11) is -2.98. The van der Waals surface area contributed by atoms with Gasteiger partial charge in [-0.2, -0.15) is 0 Å². The van der Waals surface area contributed by atoms with Crippen LogP contribution in [0.5, 0.6) is 0 Å². The van der Waals surface area contributed by atoms with Crippen molar-refractivity contribution in [3.63, 3.8) is 0 Å². The Morgan fingerprint density at radius 1 is 1.42 bits per heavy atom. The maximum Gasteiger partial charge on any atom is 0.240 e. The molecular formula is C13H26N2O3S. The summed E-state index contributed by atoms with van der Waals surface area (Å²) in [5.41, 5.74) is 5.93. The van der Waals surface area contributed by atoms with Crippen molar-refractivity contribution in [2.24, 2.45) is 11.7 Å². The zero-order chi connectivity index (χ0) is 14.6. The van der Waals surface area contributed by atoms with Gasteiger partial charge < -0.3 is 10.6 Å². The zero-order valence-corrected chi connectivity index (χ0v) is 12.9. The minimum Gasteiger partial charge on any atom is -0.337 e. The van der Waals surface area contributed by atoms with E-state index in [0.717, 1.165) is 12.8 Å². The van der Waals surface area contributed by atoms with Gasteiger partial charge >= 0.3 is 0 Å². The molecule has 0 spiro atoms. The van der Waals surface area contributed by atoms with Crippen molar-refractivity contribution in [3.8, 4) is 0 Å². The summed E-state index contributed by atoms with van der Waals surface area (Å²) in [4.78, 5) is 14.1. The average molecular weight is 290 g/mol. The van der Waals surface area contributed by atoms with Crippen molar-refractivity contribution in [2.45, 2.75) is 52.1 Å². The molecule has 0 bridgehead atoms. The van der Waals surface area contributed by atoms with Crippen LogP contribution in [0.3, 0.4) is 0 Å². The second-order valence-corrected chi connectivity index (χ2v) is 7.94. The number of carbonyl (C=O) groups is 1. The van der Waals surface area contributed by atoms with Crippen molar-refractivity contribution < 1.29 is 13.2 Å². The van der Waals surface area contributed by atoms with E-state index >= 15 is 0 Å². The van der Waals surface area contributed by atoms with Gasteiger partial charge in [0.25, 0.3) is 0 Å². The number of unbranched alkanes of at least 4 members (excludes halogenated alkanes) is 1. The largest absolute Gasteiger partial charge is 0.337 e. The van der Waals surface area contributed by atoms with E-state index < -0.39 is 15.9 Å². The van der Waals surface area contributed by atoms with E-state index in [-0.39, 0.29) is 29.4 Å². The smallest absolute Gasteiger partial charge is 0.240 e. The third-order valence-corrected chi connectivity index (χ3v) is 5.44. The maximum atomic E-state index is 12.4. The topological polar surface area (TPSA) is 80.5 Å². The second kappa shape index (κ2) is 6.70. The van der Waals surface area contributed by atoms with Crippen LogP contribution in [0.4, 0.5) is 0 Å². The lowest BCUT2D eigenvalue weighted by atomic mass is 10.0. The summed E-state index contributed by atoms with van der Waals surface area (Å²) in [6, 6.07) is -0.728. The molecule has 1 fully saturated rings. The first-order valence-electron chi connectivity index (χ1n) is 7.05. The van der Waals surface area contributed by atoms with Crippen LogP contribution in [0, 0.1) is 5.92 Å². The van der Waals surface area contributed by atoms with Gasteiger partial charge in [-0.05, 0) is 18.8 Å². The van der Waals surface area contributed by atoms with E-state index in [2.05, 4.69) is 6.92 Å². The van der Waals surface area contributed by atoms with Gasteiger partial charge in [0.1, 0.15) is 0 Å². The van der Waals surface area contributed by atoms with E-state index in [1.807, 2.05) is 13.8 Å². The molecule has 1 amide bonds. The van der Waals surface area contributed by atoms with Crippen LogP contribution >= 0.6 is 0 Å². The number of hydrogen-bond acceptors (Lipinski definition) is 4. The normalized spacial score (nSPS) is 23.5. The molecule has 112 valence electrons. The molecule has 0 aromatic rings. The molecule has 1 heterocycles. The Kier molecular flexibility index (Phi) is 5.80. The summed E-state index contributed by atoms with van der Waals surface area (Å²) in [5.74, 6) is 0.234. The molecule has 0 saturated carbocycles. The molecule has 6 heteroatoms. The van der Waals surface area contributed by atoms with Crippen molar-refractivity contribution >= 4 is 15.7 Å². The summed E-state index contributed by atoms with van der Waals surface area (Å²) in [5, 5.41) is 0. The number of nitrogens with two attached hydrogens (primary N) is 1. The minimum absolute atomic E-state index is 0.0645. The Hall–Kier alpha value is -0.620. The Balaban J connectivity index is 2.80. The van der Waals surface area contributed by atoms with Gasteiger partial charge in [0.15, 0.2) is 9.84 Å². The molecule has 5 nitrogen and oxygen atoms in total. The third-order valence-electron chi connectivity index (χ3n) is 3.69. The lowest BCUT2D eigenvalue weighted by Gasteiger charge is -2.31. The van der Waals surface area contributed by atoms with Crippen molar-refractivity contribution in [1.29, 1.82) is 0 Å². The van der Waals surface area contributed by atoms with Gasteiger partial charge in [0, 0.05) is 12.6 Å². The van der Waals surface area contributed by atoms with Crippen LogP contribution < -0.4 is 5.73 Å². The molecule has 2 N–H and O–H groups in total. The zero-order valence-electron chi connectivity index (χ0n) is 12.1. The Morgan fingerprint density at radius 3 is 2.47 bits per heavy atom. The van der Waals surface area contributed by atoms with Gasteiger partial charge in [-0.3, -0.25) is 4.79 Å². The van der Waals surface area contributed by atoms with Crippen LogP contribution in [-0.2, 0) is 14.6 Å². The molecular weight excluding hydrogens is 264 g/mol. The number of sulfone groups is 1. The molecule has 0 aromatic carbocycles.